The van der Waals surface area contributed by atoms with Crippen molar-refractivity contribution in [3.8, 4) is 6.07 Å². The molecule has 0 saturated heterocycles. The van der Waals surface area contributed by atoms with Gasteiger partial charge in [-0.25, -0.2) is 8.60 Å². The first kappa shape index (κ1) is 12.9. The molecule has 2 rings (SSSR count). The lowest BCUT2D eigenvalue weighted by atomic mass is 10.2. The summed E-state index contributed by atoms with van der Waals surface area (Å²) in [4.78, 5) is 0.698. The van der Waals surface area contributed by atoms with Crippen molar-refractivity contribution in [2.24, 2.45) is 0 Å². The molecule has 0 spiro atoms. The summed E-state index contributed by atoms with van der Waals surface area (Å²) in [6, 6.07) is 12.8. The molecule has 0 unspecified atom stereocenters. The normalized spacial score (nSPS) is 11.8. The molecular weight excluding hydrogens is 317 g/mol. The smallest absolute Gasteiger partial charge is 0.142 e. The number of nitriles is 1. The maximum Gasteiger partial charge on any atom is 0.142 e. The quantitative estimate of drug-likeness (QED) is 0.846. The first-order chi connectivity index (χ1) is 8.65. The Morgan fingerprint density at radius 2 is 1.78 bits per heavy atom. The Hall–Kier alpha value is -1.51. The zero-order valence-electron chi connectivity index (χ0n) is 9.06. The summed E-state index contributed by atoms with van der Waals surface area (Å²) in [5.74, 6) is -0.657. The first-order valence-electron chi connectivity index (χ1n) is 5.00. The van der Waals surface area contributed by atoms with E-state index >= 15 is 0 Å². The summed E-state index contributed by atoms with van der Waals surface area (Å²) < 4.78 is 26.5. The fraction of sp³-hybridized carbons (Fsp3) is 0. The summed E-state index contributed by atoms with van der Waals surface area (Å²) in [5.41, 5.74) is -0.174. The van der Waals surface area contributed by atoms with Gasteiger partial charge < -0.3 is 0 Å². The van der Waals surface area contributed by atoms with E-state index in [2.05, 4.69) is 15.9 Å². The number of hydrogen-bond acceptors (Lipinski definition) is 2. The highest BCUT2D eigenvalue weighted by Gasteiger charge is 2.16. The summed E-state index contributed by atoms with van der Waals surface area (Å²) in [5, 5.41) is 8.93. The summed E-state index contributed by atoms with van der Waals surface area (Å²) >= 11 is 3.29. The van der Waals surface area contributed by atoms with Crippen LogP contribution in [-0.2, 0) is 10.8 Å². The lowest BCUT2D eigenvalue weighted by Gasteiger charge is -2.06. The number of benzene rings is 2. The molecule has 0 aromatic heterocycles. The van der Waals surface area contributed by atoms with Crippen LogP contribution in [0.4, 0.5) is 4.39 Å². The summed E-state index contributed by atoms with van der Waals surface area (Å²) in [7, 11) is -1.59. The SMILES string of the molecule is N#Cc1c(F)cccc1[S@](=O)c1ccccc1Br. The minimum atomic E-state index is -1.59. The molecule has 0 N–H and O–H groups in total. The van der Waals surface area contributed by atoms with Gasteiger partial charge in [-0.2, -0.15) is 5.26 Å². The molecule has 1 atom stereocenters. The Morgan fingerprint density at radius 1 is 1.11 bits per heavy atom. The van der Waals surface area contributed by atoms with Gasteiger partial charge in [-0.05, 0) is 40.2 Å². The Morgan fingerprint density at radius 3 is 2.44 bits per heavy atom. The molecule has 0 fully saturated rings. The van der Waals surface area contributed by atoms with E-state index in [0.29, 0.717) is 9.37 Å². The molecule has 18 heavy (non-hydrogen) atoms. The van der Waals surface area contributed by atoms with Gasteiger partial charge in [0.15, 0.2) is 0 Å². The van der Waals surface area contributed by atoms with Crippen LogP contribution in [0.3, 0.4) is 0 Å². The highest BCUT2D eigenvalue weighted by molar-refractivity contribution is 9.10. The van der Waals surface area contributed by atoms with Crippen LogP contribution in [0.15, 0.2) is 56.7 Å². The van der Waals surface area contributed by atoms with Gasteiger partial charge in [-0.15, -0.1) is 0 Å². The molecule has 0 heterocycles. The molecule has 0 aliphatic heterocycles. The molecule has 0 saturated carbocycles. The van der Waals surface area contributed by atoms with Gasteiger partial charge in [0.2, 0.25) is 0 Å². The minimum Gasteiger partial charge on any atom is -0.249 e. The van der Waals surface area contributed by atoms with E-state index in [1.807, 2.05) is 0 Å². The third-order valence-electron chi connectivity index (χ3n) is 2.32. The topological polar surface area (TPSA) is 40.9 Å². The third-order valence-corrected chi connectivity index (χ3v) is 4.77. The number of rotatable bonds is 2. The number of hydrogen-bond donors (Lipinski definition) is 0. The van der Waals surface area contributed by atoms with Crippen molar-refractivity contribution in [1.29, 1.82) is 5.26 Å². The second kappa shape index (κ2) is 5.42. The Balaban J connectivity index is 2.58. The van der Waals surface area contributed by atoms with Crippen molar-refractivity contribution in [2.75, 3.05) is 0 Å². The van der Waals surface area contributed by atoms with Crippen molar-refractivity contribution in [3.63, 3.8) is 0 Å². The maximum atomic E-state index is 13.5. The predicted octanol–water partition coefficient (Wildman–Crippen LogP) is 3.63. The predicted molar refractivity (Wildman–Crippen MR) is 69.9 cm³/mol. The van der Waals surface area contributed by atoms with Gasteiger partial charge in [0.1, 0.15) is 17.4 Å². The Labute approximate surface area is 115 Å². The lowest BCUT2D eigenvalue weighted by molar-refractivity contribution is 0.618. The lowest BCUT2D eigenvalue weighted by Crippen LogP contribution is -1.99. The van der Waals surface area contributed by atoms with Crippen molar-refractivity contribution < 1.29 is 8.60 Å². The van der Waals surface area contributed by atoms with E-state index < -0.39 is 16.6 Å². The molecule has 0 amide bonds. The van der Waals surface area contributed by atoms with E-state index in [-0.39, 0.29) is 10.5 Å². The van der Waals surface area contributed by atoms with E-state index in [1.54, 1.807) is 30.3 Å². The molecule has 2 aromatic carbocycles. The van der Waals surface area contributed by atoms with Crippen molar-refractivity contribution in [2.45, 2.75) is 9.79 Å². The maximum absolute atomic E-state index is 13.5. The van der Waals surface area contributed by atoms with E-state index in [1.165, 1.54) is 18.2 Å². The standard InChI is InChI=1S/C13H7BrFNOS/c14-10-4-1-2-6-13(10)18(17)12-7-3-5-11(15)9(12)8-16/h1-7H/t18-/m0/s1. The summed E-state index contributed by atoms with van der Waals surface area (Å²) in [6.07, 6.45) is 0. The van der Waals surface area contributed by atoms with Gasteiger partial charge in [0.05, 0.1) is 20.6 Å². The van der Waals surface area contributed by atoms with Crippen molar-refractivity contribution >= 4 is 26.7 Å². The largest absolute Gasteiger partial charge is 0.249 e. The van der Waals surface area contributed by atoms with Crippen LogP contribution in [0.2, 0.25) is 0 Å². The fourth-order valence-electron chi connectivity index (χ4n) is 1.48. The van der Waals surface area contributed by atoms with Crippen LogP contribution < -0.4 is 0 Å². The van der Waals surface area contributed by atoms with Gasteiger partial charge in [-0.1, -0.05) is 18.2 Å². The molecule has 2 aromatic rings. The number of nitrogens with zero attached hydrogens (tertiary/aromatic N) is 1. The van der Waals surface area contributed by atoms with E-state index in [4.69, 9.17) is 5.26 Å². The molecule has 0 bridgehead atoms. The monoisotopic (exact) mass is 323 g/mol. The Kier molecular flexibility index (Phi) is 3.90. The van der Waals surface area contributed by atoms with E-state index in [9.17, 15) is 8.60 Å². The molecule has 0 radical (unpaired) electrons. The summed E-state index contributed by atoms with van der Waals surface area (Å²) in [6.45, 7) is 0. The molecule has 0 aliphatic rings. The number of halogens is 2. The van der Waals surface area contributed by atoms with Gasteiger partial charge in [0, 0.05) is 4.47 Å². The van der Waals surface area contributed by atoms with Crippen LogP contribution in [0.1, 0.15) is 5.56 Å². The van der Waals surface area contributed by atoms with Crippen molar-refractivity contribution in [1.82, 2.24) is 0 Å². The average molecular weight is 324 g/mol. The highest BCUT2D eigenvalue weighted by Crippen LogP contribution is 2.26. The second-order valence-corrected chi connectivity index (χ2v) is 5.70. The van der Waals surface area contributed by atoms with Crippen LogP contribution in [0.25, 0.3) is 0 Å². The van der Waals surface area contributed by atoms with Crippen LogP contribution in [-0.4, -0.2) is 4.21 Å². The molecule has 0 aliphatic carbocycles. The third kappa shape index (κ3) is 2.35. The van der Waals surface area contributed by atoms with Crippen molar-refractivity contribution in [3.05, 3.63) is 58.3 Å². The van der Waals surface area contributed by atoms with Gasteiger partial charge >= 0.3 is 0 Å². The highest BCUT2D eigenvalue weighted by atomic mass is 79.9. The molecule has 5 heteroatoms. The zero-order chi connectivity index (χ0) is 13.1. The molecule has 2 nitrogen and oxygen atoms in total. The van der Waals surface area contributed by atoms with E-state index in [0.717, 1.165) is 0 Å². The average Bonchev–Trinajstić information content (AvgIpc) is 2.38. The van der Waals surface area contributed by atoms with Gasteiger partial charge in [-0.3, -0.25) is 0 Å². The Bertz CT molecular complexity index is 666. The molecular formula is C13H7BrFNOS. The van der Waals surface area contributed by atoms with Crippen LogP contribution >= 0.6 is 15.9 Å². The fourth-order valence-corrected chi connectivity index (χ4v) is 3.42. The van der Waals surface area contributed by atoms with Crippen LogP contribution in [0, 0.1) is 17.1 Å². The molecule has 90 valence electrons. The second-order valence-electron chi connectivity index (χ2n) is 3.42. The van der Waals surface area contributed by atoms with Crippen LogP contribution in [0.5, 0.6) is 0 Å². The first-order valence-corrected chi connectivity index (χ1v) is 6.94. The minimum absolute atomic E-state index is 0.174. The zero-order valence-corrected chi connectivity index (χ0v) is 11.5. The van der Waals surface area contributed by atoms with Gasteiger partial charge in [0.25, 0.3) is 0 Å².